The molecule has 0 aliphatic carbocycles. The molecule has 0 aliphatic heterocycles. The largest absolute Gasteiger partial charge is 0.444 e. The fourth-order valence-electron chi connectivity index (χ4n) is 2.12. The Bertz CT molecular complexity index is 504. The second-order valence-electron chi connectivity index (χ2n) is 6.71. The van der Waals surface area contributed by atoms with Crippen LogP contribution in [0.25, 0.3) is 0 Å². The number of benzene rings is 1. The van der Waals surface area contributed by atoms with Gasteiger partial charge in [-0.15, -0.1) is 0 Å². The third-order valence-electron chi connectivity index (χ3n) is 3.34. The molecule has 1 aromatic rings. The van der Waals surface area contributed by atoms with Gasteiger partial charge < -0.3 is 15.8 Å². The first-order chi connectivity index (χ1) is 9.58. The van der Waals surface area contributed by atoms with Gasteiger partial charge >= 0.3 is 6.09 Å². The summed E-state index contributed by atoms with van der Waals surface area (Å²) in [4.78, 5) is 11.6. The number of nitrogens with one attached hydrogen (secondary N) is 1. The van der Waals surface area contributed by atoms with E-state index in [2.05, 4.69) is 38.2 Å². The molecular formula is C17H28N2O2. The zero-order valence-electron chi connectivity index (χ0n) is 14.0. The Morgan fingerprint density at radius 1 is 1.19 bits per heavy atom. The van der Waals surface area contributed by atoms with E-state index in [0.29, 0.717) is 6.54 Å². The van der Waals surface area contributed by atoms with Crippen molar-refractivity contribution in [2.45, 2.75) is 59.6 Å². The summed E-state index contributed by atoms with van der Waals surface area (Å²) in [5.41, 5.74) is 10.6. The summed E-state index contributed by atoms with van der Waals surface area (Å²) in [7, 11) is 0. The van der Waals surface area contributed by atoms with E-state index in [0.717, 1.165) is 6.42 Å². The van der Waals surface area contributed by atoms with E-state index >= 15 is 0 Å². The van der Waals surface area contributed by atoms with Crippen molar-refractivity contribution < 1.29 is 9.53 Å². The van der Waals surface area contributed by atoms with Crippen molar-refractivity contribution in [3.05, 3.63) is 34.4 Å². The van der Waals surface area contributed by atoms with E-state index in [9.17, 15) is 4.79 Å². The molecule has 0 radical (unpaired) electrons. The van der Waals surface area contributed by atoms with Crippen LogP contribution in [0.15, 0.2) is 12.1 Å². The maximum atomic E-state index is 11.6. The smallest absolute Gasteiger partial charge is 0.407 e. The van der Waals surface area contributed by atoms with Crippen LogP contribution in [0.5, 0.6) is 0 Å². The van der Waals surface area contributed by atoms with Crippen molar-refractivity contribution in [1.82, 2.24) is 5.32 Å². The molecule has 4 nitrogen and oxygen atoms in total. The number of carbonyl (C=O) groups is 1. The summed E-state index contributed by atoms with van der Waals surface area (Å²) in [6, 6.07) is 4.23. The highest BCUT2D eigenvalue weighted by atomic mass is 16.6. The molecule has 0 fully saturated rings. The second kappa shape index (κ2) is 6.94. The molecule has 0 bridgehead atoms. The van der Waals surface area contributed by atoms with Crippen LogP contribution >= 0.6 is 0 Å². The van der Waals surface area contributed by atoms with Gasteiger partial charge in [0.25, 0.3) is 0 Å². The minimum absolute atomic E-state index is 0.127. The lowest BCUT2D eigenvalue weighted by Gasteiger charge is -2.21. The highest BCUT2D eigenvalue weighted by molar-refractivity contribution is 5.67. The number of hydrogen-bond acceptors (Lipinski definition) is 3. The van der Waals surface area contributed by atoms with Gasteiger partial charge in [-0.3, -0.25) is 0 Å². The van der Waals surface area contributed by atoms with Crippen LogP contribution in [-0.2, 0) is 11.2 Å². The molecule has 1 amide bonds. The highest BCUT2D eigenvalue weighted by Gasteiger charge is 2.16. The molecule has 21 heavy (non-hydrogen) atoms. The molecule has 118 valence electrons. The molecule has 4 heteroatoms. The summed E-state index contributed by atoms with van der Waals surface area (Å²) in [6.07, 6.45) is 0.317. The lowest BCUT2D eigenvalue weighted by atomic mass is 9.96. The molecule has 0 aliphatic rings. The van der Waals surface area contributed by atoms with Crippen LogP contribution < -0.4 is 11.1 Å². The number of hydrogen-bond donors (Lipinski definition) is 2. The number of rotatable bonds is 4. The zero-order valence-corrected chi connectivity index (χ0v) is 14.0. The molecule has 1 unspecified atom stereocenters. The second-order valence-corrected chi connectivity index (χ2v) is 6.71. The summed E-state index contributed by atoms with van der Waals surface area (Å²) in [5, 5.41) is 2.72. The fraction of sp³-hybridized carbons (Fsp3) is 0.588. The molecule has 0 aromatic heterocycles. The lowest BCUT2D eigenvalue weighted by Crippen LogP contribution is -2.41. The van der Waals surface area contributed by atoms with Gasteiger partial charge in [-0.05, 0) is 70.2 Å². The predicted molar refractivity (Wildman–Crippen MR) is 86.6 cm³/mol. The molecule has 1 atom stereocenters. The van der Waals surface area contributed by atoms with E-state index in [1.165, 1.54) is 22.3 Å². The van der Waals surface area contributed by atoms with Crippen molar-refractivity contribution in [3.63, 3.8) is 0 Å². The van der Waals surface area contributed by atoms with Gasteiger partial charge in [0.2, 0.25) is 0 Å². The van der Waals surface area contributed by atoms with Crippen LogP contribution in [0, 0.1) is 20.8 Å². The van der Waals surface area contributed by atoms with Gasteiger partial charge in [0.05, 0.1) is 0 Å². The van der Waals surface area contributed by atoms with E-state index < -0.39 is 11.7 Å². The molecule has 1 rings (SSSR count). The van der Waals surface area contributed by atoms with E-state index in [1.807, 2.05) is 20.8 Å². The molecule has 0 saturated carbocycles. The fourth-order valence-corrected chi connectivity index (χ4v) is 2.12. The van der Waals surface area contributed by atoms with Crippen LogP contribution in [0.4, 0.5) is 4.79 Å². The van der Waals surface area contributed by atoms with Crippen LogP contribution in [0.3, 0.4) is 0 Å². The molecule has 0 heterocycles. The Morgan fingerprint density at radius 2 is 1.76 bits per heavy atom. The molecular weight excluding hydrogens is 264 g/mol. The summed E-state index contributed by atoms with van der Waals surface area (Å²) in [5.74, 6) is 0. The quantitative estimate of drug-likeness (QED) is 0.896. The topological polar surface area (TPSA) is 64.3 Å². The third-order valence-corrected chi connectivity index (χ3v) is 3.34. The van der Waals surface area contributed by atoms with Gasteiger partial charge in [0, 0.05) is 12.6 Å². The van der Waals surface area contributed by atoms with Gasteiger partial charge in [-0.2, -0.15) is 0 Å². The molecule has 3 N–H and O–H groups in total. The average molecular weight is 292 g/mol. The van der Waals surface area contributed by atoms with Crippen molar-refractivity contribution in [2.24, 2.45) is 5.73 Å². The van der Waals surface area contributed by atoms with Crippen molar-refractivity contribution in [3.8, 4) is 0 Å². The Balaban J connectivity index is 2.53. The van der Waals surface area contributed by atoms with Crippen molar-refractivity contribution in [1.29, 1.82) is 0 Å². The molecule has 0 saturated heterocycles. The van der Waals surface area contributed by atoms with Crippen LogP contribution in [0.2, 0.25) is 0 Å². The Hall–Kier alpha value is -1.55. The van der Waals surface area contributed by atoms with E-state index in [4.69, 9.17) is 10.5 Å². The van der Waals surface area contributed by atoms with Crippen LogP contribution in [0.1, 0.15) is 43.0 Å². The van der Waals surface area contributed by atoms with Crippen molar-refractivity contribution in [2.75, 3.05) is 6.54 Å². The van der Waals surface area contributed by atoms with Gasteiger partial charge in [0.1, 0.15) is 5.60 Å². The van der Waals surface area contributed by atoms with E-state index in [1.54, 1.807) is 0 Å². The SMILES string of the molecule is Cc1cc(C)c(CC(N)CNC(=O)OC(C)(C)C)cc1C. The minimum Gasteiger partial charge on any atom is -0.444 e. The van der Waals surface area contributed by atoms with Crippen molar-refractivity contribution >= 4 is 6.09 Å². The van der Waals surface area contributed by atoms with Crippen LogP contribution in [-0.4, -0.2) is 24.3 Å². The van der Waals surface area contributed by atoms with Gasteiger partial charge in [0.15, 0.2) is 0 Å². The maximum Gasteiger partial charge on any atom is 0.407 e. The molecule has 0 spiro atoms. The zero-order chi connectivity index (χ0) is 16.2. The number of nitrogens with two attached hydrogens (primary N) is 1. The van der Waals surface area contributed by atoms with Gasteiger partial charge in [-0.25, -0.2) is 4.79 Å². The van der Waals surface area contributed by atoms with E-state index in [-0.39, 0.29) is 6.04 Å². The number of ether oxygens (including phenoxy) is 1. The maximum absolute atomic E-state index is 11.6. The summed E-state index contributed by atoms with van der Waals surface area (Å²) in [6.45, 7) is 12.2. The van der Waals surface area contributed by atoms with Gasteiger partial charge in [-0.1, -0.05) is 12.1 Å². The number of carbonyl (C=O) groups excluding carboxylic acids is 1. The lowest BCUT2D eigenvalue weighted by molar-refractivity contribution is 0.0524. The Kier molecular flexibility index (Phi) is 5.78. The Labute approximate surface area is 128 Å². The first-order valence-corrected chi connectivity index (χ1v) is 7.37. The highest BCUT2D eigenvalue weighted by Crippen LogP contribution is 2.16. The third kappa shape index (κ3) is 6.17. The predicted octanol–water partition coefficient (Wildman–Crippen LogP) is 3.01. The standard InChI is InChI=1S/C17H28N2O2/c1-11-7-13(3)14(8-12(11)2)9-15(18)10-19-16(20)21-17(4,5)6/h7-8,15H,9-10,18H2,1-6H3,(H,19,20). The number of aryl methyl sites for hydroxylation is 3. The number of alkyl carbamates (subject to hydrolysis) is 1. The monoisotopic (exact) mass is 292 g/mol. The summed E-state index contributed by atoms with van der Waals surface area (Å²) < 4.78 is 5.19. The minimum atomic E-state index is -0.487. The normalized spacial score (nSPS) is 12.9. The Morgan fingerprint density at radius 3 is 2.33 bits per heavy atom. The number of amides is 1. The molecule has 1 aromatic carbocycles. The first kappa shape index (κ1) is 17.5. The first-order valence-electron chi connectivity index (χ1n) is 7.37. The average Bonchev–Trinajstić information content (AvgIpc) is 2.31. The summed E-state index contributed by atoms with van der Waals surface area (Å²) >= 11 is 0.